The van der Waals surface area contributed by atoms with Crippen LogP contribution in [0.2, 0.25) is 5.02 Å². The predicted octanol–water partition coefficient (Wildman–Crippen LogP) is 4.60. The van der Waals surface area contributed by atoms with Crippen LogP contribution in [0.5, 0.6) is 0 Å². The van der Waals surface area contributed by atoms with Gasteiger partial charge in [-0.1, -0.05) is 53.7 Å². The summed E-state index contributed by atoms with van der Waals surface area (Å²) in [6, 6.07) is 12.9. The number of carbonyl (C=O) groups is 2. The normalized spacial score (nSPS) is 17.8. The van der Waals surface area contributed by atoms with E-state index in [1.54, 1.807) is 6.07 Å². The lowest BCUT2D eigenvalue weighted by Crippen LogP contribution is -2.57. The topological polar surface area (TPSA) is 49.4 Å². The van der Waals surface area contributed by atoms with Crippen molar-refractivity contribution in [2.45, 2.75) is 29.7 Å². The van der Waals surface area contributed by atoms with E-state index in [2.05, 4.69) is 5.32 Å². The van der Waals surface area contributed by atoms with Crippen molar-refractivity contribution in [1.29, 1.82) is 0 Å². The highest BCUT2D eigenvalue weighted by Gasteiger charge is 2.42. The van der Waals surface area contributed by atoms with Gasteiger partial charge in [-0.05, 0) is 30.7 Å². The molecular weight excluding hydrogens is 363 g/mol. The molecule has 0 unspecified atom stereocenters. The van der Waals surface area contributed by atoms with Crippen LogP contribution >= 0.6 is 23.4 Å². The number of thioether (sulfide) groups is 1. The van der Waals surface area contributed by atoms with Crippen molar-refractivity contribution in [3.8, 4) is 0 Å². The highest BCUT2D eigenvalue weighted by Crippen LogP contribution is 2.38. The minimum absolute atomic E-state index is 0.220. The first-order valence-electron chi connectivity index (χ1n) is 7.75. The van der Waals surface area contributed by atoms with Crippen molar-refractivity contribution < 1.29 is 14.0 Å². The molecule has 0 aromatic heterocycles. The van der Waals surface area contributed by atoms with E-state index in [-0.39, 0.29) is 28.8 Å². The van der Waals surface area contributed by atoms with E-state index in [0.717, 1.165) is 5.56 Å². The Bertz CT molecular complexity index is 803. The number of benzene rings is 2. The second-order valence-electron chi connectivity index (χ2n) is 5.70. The Morgan fingerprint density at radius 1 is 1.32 bits per heavy atom. The highest BCUT2D eigenvalue weighted by atomic mass is 35.5. The van der Waals surface area contributed by atoms with Gasteiger partial charge in [-0.2, -0.15) is 0 Å². The zero-order chi connectivity index (χ0) is 18.0. The molecule has 0 radical (unpaired) electrons. The number of urea groups is 1. The number of carbonyl (C=O) groups excluding carboxylic acids is 2. The summed E-state index contributed by atoms with van der Waals surface area (Å²) in [6.07, 6.45) is 0.242. The summed E-state index contributed by atoms with van der Waals surface area (Å²) in [4.78, 5) is 26.2. The number of nitrogens with one attached hydrogen (secondary N) is 1. The molecule has 1 N–H and O–H groups in total. The van der Waals surface area contributed by atoms with Gasteiger partial charge in [0.1, 0.15) is 11.2 Å². The molecule has 1 saturated heterocycles. The first-order chi connectivity index (χ1) is 12.0. The fraction of sp³-hybridized carbons (Fsp3) is 0.222. The number of likely N-dealkylation sites (tertiary alicyclic amines) is 1. The number of amides is 3. The monoisotopic (exact) mass is 378 g/mol. The van der Waals surface area contributed by atoms with Crippen LogP contribution < -0.4 is 5.32 Å². The van der Waals surface area contributed by atoms with Gasteiger partial charge in [0.2, 0.25) is 5.91 Å². The van der Waals surface area contributed by atoms with Crippen LogP contribution in [0.15, 0.2) is 53.4 Å². The van der Waals surface area contributed by atoms with Gasteiger partial charge in [-0.25, -0.2) is 9.18 Å². The molecule has 25 heavy (non-hydrogen) atoms. The van der Waals surface area contributed by atoms with Gasteiger partial charge >= 0.3 is 6.03 Å². The summed E-state index contributed by atoms with van der Waals surface area (Å²) < 4.78 is 13.1. The number of rotatable bonds is 4. The predicted molar refractivity (Wildman–Crippen MR) is 95.9 cm³/mol. The summed E-state index contributed by atoms with van der Waals surface area (Å²) >= 11 is 7.29. The summed E-state index contributed by atoms with van der Waals surface area (Å²) in [5.41, 5.74) is 0.953. The molecule has 0 bridgehead atoms. The van der Waals surface area contributed by atoms with Gasteiger partial charge in [-0.3, -0.25) is 9.69 Å². The third kappa shape index (κ3) is 3.96. The molecule has 1 aliphatic rings. The zero-order valence-electron chi connectivity index (χ0n) is 13.4. The Kier molecular flexibility index (Phi) is 5.30. The lowest BCUT2D eigenvalue weighted by molar-refractivity contribution is -0.137. The number of nitrogens with zero attached hydrogens (tertiary/aromatic N) is 1. The van der Waals surface area contributed by atoms with E-state index < -0.39 is 11.8 Å². The summed E-state index contributed by atoms with van der Waals surface area (Å²) in [7, 11) is 0. The number of halogens is 2. The average Bonchev–Trinajstić information content (AvgIpc) is 2.57. The molecular formula is C18H16ClFN2O2S. The smallest absolute Gasteiger partial charge is 0.325 e. The maximum Gasteiger partial charge on any atom is 0.325 e. The van der Waals surface area contributed by atoms with Gasteiger partial charge in [0.25, 0.3) is 0 Å². The van der Waals surface area contributed by atoms with Crippen molar-refractivity contribution in [3.63, 3.8) is 0 Å². The van der Waals surface area contributed by atoms with Crippen molar-refractivity contribution in [2.75, 3.05) is 0 Å². The largest absolute Gasteiger partial charge is 0.331 e. The van der Waals surface area contributed by atoms with Crippen LogP contribution in [-0.4, -0.2) is 22.2 Å². The van der Waals surface area contributed by atoms with Gasteiger partial charge in [0.05, 0.1) is 17.5 Å². The summed E-state index contributed by atoms with van der Waals surface area (Å²) in [6.45, 7) is 1.86. The molecule has 3 rings (SSSR count). The Balaban J connectivity index is 1.66. The Morgan fingerprint density at radius 2 is 2.04 bits per heavy atom. The average molecular weight is 379 g/mol. The SMILES string of the molecule is C[C@H](NC(=O)N1C(=O)C[C@@H]1Sc1ccc(F)cc1Cl)c1ccccc1. The van der Waals surface area contributed by atoms with Crippen molar-refractivity contribution in [3.05, 3.63) is 64.9 Å². The van der Waals surface area contributed by atoms with Crippen molar-refractivity contribution in [2.24, 2.45) is 0 Å². The molecule has 0 spiro atoms. The Hall–Kier alpha value is -2.05. The summed E-state index contributed by atoms with van der Waals surface area (Å²) in [5.74, 6) is -0.668. The van der Waals surface area contributed by atoms with Crippen LogP contribution in [0.25, 0.3) is 0 Å². The molecule has 0 saturated carbocycles. The standard InChI is InChI=1S/C18H16ClFN2O2S/c1-11(12-5-3-2-4-6-12)21-18(24)22-16(23)10-17(22)25-15-8-7-13(20)9-14(15)19/h2-9,11,17H,10H2,1H3,(H,21,24)/t11-,17-/m0/s1. The van der Waals surface area contributed by atoms with Crippen LogP contribution in [0.3, 0.4) is 0 Å². The molecule has 3 amide bonds. The van der Waals surface area contributed by atoms with Crippen LogP contribution in [0, 0.1) is 5.82 Å². The molecule has 1 heterocycles. The molecule has 130 valence electrons. The lowest BCUT2D eigenvalue weighted by atomic mass is 10.1. The van der Waals surface area contributed by atoms with E-state index in [1.807, 2.05) is 37.3 Å². The van der Waals surface area contributed by atoms with E-state index in [0.29, 0.717) is 4.90 Å². The molecule has 7 heteroatoms. The first kappa shape index (κ1) is 17.8. The number of hydrogen-bond acceptors (Lipinski definition) is 3. The molecule has 1 aliphatic heterocycles. The maximum absolute atomic E-state index is 13.1. The quantitative estimate of drug-likeness (QED) is 0.791. The number of β-lactam (4-membered cyclic amide) rings is 1. The van der Waals surface area contributed by atoms with Crippen molar-refractivity contribution >= 4 is 35.3 Å². The second-order valence-corrected chi connectivity index (χ2v) is 7.32. The second kappa shape index (κ2) is 7.45. The molecule has 2 aromatic carbocycles. The maximum atomic E-state index is 13.1. The van der Waals surface area contributed by atoms with Gasteiger partial charge in [-0.15, -0.1) is 0 Å². The van der Waals surface area contributed by atoms with E-state index in [9.17, 15) is 14.0 Å². The molecule has 4 nitrogen and oxygen atoms in total. The highest BCUT2D eigenvalue weighted by molar-refractivity contribution is 8.00. The fourth-order valence-corrected chi connectivity index (χ4v) is 3.98. The first-order valence-corrected chi connectivity index (χ1v) is 9.00. The minimum atomic E-state index is -0.441. The number of imide groups is 1. The van der Waals surface area contributed by atoms with Gasteiger partial charge in [0.15, 0.2) is 0 Å². The third-order valence-corrected chi connectivity index (χ3v) is 5.61. The molecule has 2 aromatic rings. The summed E-state index contributed by atoms with van der Waals surface area (Å²) in [5, 5.41) is 2.75. The third-order valence-electron chi connectivity index (χ3n) is 3.92. The fourth-order valence-electron chi connectivity index (χ4n) is 2.52. The molecule has 0 aliphatic carbocycles. The minimum Gasteiger partial charge on any atom is -0.331 e. The van der Waals surface area contributed by atoms with E-state index in [1.165, 1.54) is 28.8 Å². The van der Waals surface area contributed by atoms with Crippen LogP contribution in [0.1, 0.15) is 24.9 Å². The van der Waals surface area contributed by atoms with E-state index in [4.69, 9.17) is 11.6 Å². The number of hydrogen-bond donors (Lipinski definition) is 1. The van der Waals surface area contributed by atoms with E-state index >= 15 is 0 Å². The molecule has 2 atom stereocenters. The van der Waals surface area contributed by atoms with Crippen molar-refractivity contribution in [1.82, 2.24) is 10.2 Å². The zero-order valence-corrected chi connectivity index (χ0v) is 15.0. The van der Waals surface area contributed by atoms with Crippen LogP contribution in [0.4, 0.5) is 9.18 Å². The Labute approximate surface area is 154 Å². The van der Waals surface area contributed by atoms with Gasteiger partial charge < -0.3 is 5.32 Å². The lowest BCUT2D eigenvalue weighted by Gasteiger charge is -2.38. The Morgan fingerprint density at radius 3 is 2.68 bits per heavy atom. The molecule has 1 fully saturated rings. The van der Waals surface area contributed by atoms with Gasteiger partial charge in [0, 0.05) is 4.90 Å². The van der Waals surface area contributed by atoms with Crippen LogP contribution in [-0.2, 0) is 4.79 Å².